The van der Waals surface area contributed by atoms with Crippen molar-refractivity contribution in [2.75, 3.05) is 34.0 Å². The summed E-state index contributed by atoms with van der Waals surface area (Å²) < 4.78 is 12.6. The molecule has 1 rings (SSSR count). The van der Waals surface area contributed by atoms with Gasteiger partial charge in [0.05, 0.1) is 13.2 Å². The molecule has 4 heteroatoms. The Bertz CT molecular complexity index is 337. The molecule has 1 heterocycles. The van der Waals surface area contributed by atoms with E-state index in [0.717, 1.165) is 19.6 Å². The Morgan fingerprint density at radius 1 is 1.26 bits per heavy atom. The minimum atomic E-state index is 0.430. The molecule has 0 bridgehead atoms. The van der Waals surface area contributed by atoms with Crippen LogP contribution < -0.4 is 5.32 Å². The van der Waals surface area contributed by atoms with Crippen LogP contribution in [0.3, 0.4) is 0 Å². The third-order valence-electron chi connectivity index (χ3n) is 3.25. The van der Waals surface area contributed by atoms with Crippen molar-refractivity contribution in [3.63, 3.8) is 0 Å². The summed E-state index contributed by atoms with van der Waals surface area (Å²) in [6.07, 6.45) is 5.41. The lowest BCUT2D eigenvalue weighted by atomic mass is 9.99. The summed E-state index contributed by atoms with van der Waals surface area (Å²) in [4.78, 5) is 0. The molecule has 0 radical (unpaired) electrons. The van der Waals surface area contributed by atoms with E-state index in [0.29, 0.717) is 25.2 Å². The van der Waals surface area contributed by atoms with Gasteiger partial charge in [-0.1, -0.05) is 13.8 Å². The van der Waals surface area contributed by atoms with Gasteiger partial charge in [-0.15, -0.1) is 0 Å². The maximum atomic E-state index is 5.46. The van der Waals surface area contributed by atoms with Crippen molar-refractivity contribution in [2.45, 2.75) is 32.9 Å². The number of aromatic nitrogens is 1. The summed E-state index contributed by atoms with van der Waals surface area (Å²) in [6, 6.07) is 2.63. The molecule has 0 saturated heterocycles. The first-order valence-corrected chi connectivity index (χ1v) is 7.08. The first-order valence-electron chi connectivity index (χ1n) is 7.08. The minimum Gasteiger partial charge on any atom is -0.382 e. The summed E-state index contributed by atoms with van der Waals surface area (Å²) >= 11 is 0. The van der Waals surface area contributed by atoms with Gasteiger partial charge >= 0.3 is 0 Å². The van der Waals surface area contributed by atoms with Crippen molar-refractivity contribution in [1.29, 1.82) is 0 Å². The van der Waals surface area contributed by atoms with Crippen LogP contribution in [0.25, 0.3) is 0 Å². The van der Waals surface area contributed by atoms with Crippen LogP contribution in [0.4, 0.5) is 0 Å². The van der Waals surface area contributed by atoms with Gasteiger partial charge in [-0.05, 0) is 31.0 Å². The van der Waals surface area contributed by atoms with Crippen molar-refractivity contribution in [3.05, 3.63) is 24.0 Å². The Balaban J connectivity index is 2.30. The summed E-state index contributed by atoms with van der Waals surface area (Å²) in [5, 5.41) is 3.37. The van der Waals surface area contributed by atoms with E-state index < -0.39 is 0 Å². The predicted molar refractivity (Wildman–Crippen MR) is 78.4 cm³/mol. The molecule has 1 unspecified atom stereocenters. The number of methoxy groups -OCH3 is 1. The van der Waals surface area contributed by atoms with Crippen molar-refractivity contribution in [2.24, 2.45) is 5.92 Å². The first-order chi connectivity index (χ1) is 9.19. The molecule has 0 aliphatic carbocycles. The molecular formula is C15H28N2O2. The van der Waals surface area contributed by atoms with Crippen molar-refractivity contribution >= 4 is 0 Å². The monoisotopic (exact) mass is 268 g/mol. The van der Waals surface area contributed by atoms with Gasteiger partial charge in [-0.3, -0.25) is 0 Å². The average molecular weight is 268 g/mol. The van der Waals surface area contributed by atoms with E-state index in [1.54, 1.807) is 7.11 Å². The van der Waals surface area contributed by atoms with Gasteiger partial charge in [-0.25, -0.2) is 0 Å². The maximum absolute atomic E-state index is 5.46. The van der Waals surface area contributed by atoms with E-state index in [9.17, 15) is 0 Å². The highest BCUT2D eigenvalue weighted by molar-refractivity contribution is 5.16. The molecule has 0 aliphatic heterocycles. The van der Waals surface area contributed by atoms with Gasteiger partial charge in [0.15, 0.2) is 0 Å². The van der Waals surface area contributed by atoms with E-state index in [1.165, 1.54) is 5.56 Å². The molecular weight excluding hydrogens is 240 g/mol. The fourth-order valence-corrected chi connectivity index (χ4v) is 2.26. The zero-order chi connectivity index (χ0) is 14.1. The minimum absolute atomic E-state index is 0.430. The molecule has 110 valence electrons. The summed E-state index contributed by atoms with van der Waals surface area (Å²) in [7, 11) is 3.71. The van der Waals surface area contributed by atoms with E-state index >= 15 is 0 Å². The Kier molecular flexibility index (Phi) is 7.79. The van der Waals surface area contributed by atoms with E-state index in [1.807, 2.05) is 7.05 Å². The molecule has 1 aromatic rings. The van der Waals surface area contributed by atoms with Crippen molar-refractivity contribution in [3.8, 4) is 0 Å². The van der Waals surface area contributed by atoms with Crippen LogP contribution in [0, 0.1) is 5.92 Å². The van der Waals surface area contributed by atoms with Gasteiger partial charge in [0.2, 0.25) is 0 Å². The summed E-state index contributed by atoms with van der Waals surface area (Å²) in [6.45, 7) is 7.62. The second kappa shape index (κ2) is 9.13. The second-order valence-electron chi connectivity index (χ2n) is 5.15. The van der Waals surface area contributed by atoms with Gasteiger partial charge in [0.25, 0.3) is 0 Å². The number of aryl methyl sites for hydroxylation is 1. The van der Waals surface area contributed by atoms with E-state index in [2.05, 4.69) is 42.2 Å². The highest BCUT2D eigenvalue weighted by Gasteiger charge is 2.14. The second-order valence-corrected chi connectivity index (χ2v) is 5.15. The number of nitrogens with zero attached hydrogens (tertiary/aromatic N) is 1. The van der Waals surface area contributed by atoms with Crippen LogP contribution >= 0.6 is 0 Å². The molecule has 0 amide bonds. The first kappa shape index (κ1) is 16.2. The molecule has 0 saturated carbocycles. The molecule has 1 N–H and O–H groups in total. The van der Waals surface area contributed by atoms with E-state index in [4.69, 9.17) is 9.47 Å². The van der Waals surface area contributed by atoms with Gasteiger partial charge in [-0.2, -0.15) is 0 Å². The van der Waals surface area contributed by atoms with Crippen LogP contribution in [0.15, 0.2) is 18.5 Å². The number of ether oxygens (including phenoxy) is 2. The van der Waals surface area contributed by atoms with Crippen LogP contribution in [0.2, 0.25) is 0 Å². The smallest absolute Gasteiger partial charge is 0.0700 e. The molecule has 19 heavy (non-hydrogen) atoms. The van der Waals surface area contributed by atoms with Gasteiger partial charge in [0, 0.05) is 38.7 Å². The third-order valence-corrected chi connectivity index (χ3v) is 3.25. The standard InChI is InChI=1S/C15H28N2O2/c1-13(2)15(16-3)14-6-8-17(12-14)7-5-9-19-11-10-18-4/h6,8,12-13,15-16H,5,7,9-11H2,1-4H3. The lowest BCUT2D eigenvalue weighted by Gasteiger charge is -2.18. The quantitative estimate of drug-likeness (QED) is 0.662. The number of hydrogen-bond acceptors (Lipinski definition) is 3. The highest BCUT2D eigenvalue weighted by Crippen LogP contribution is 2.21. The summed E-state index contributed by atoms with van der Waals surface area (Å²) in [5.74, 6) is 0.596. The molecule has 0 fully saturated rings. The normalized spacial score (nSPS) is 13.1. The Morgan fingerprint density at radius 3 is 2.68 bits per heavy atom. The zero-order valence-corrected chi connectivity index (χ0v) is 12.7. The SMILES string of the molecule is CNC(c1ccn(CCCOCCOC)c1)C(C)C. The van der Waals surface area contributed by atoms with Gasteiger partial charge in [0.1, 0.15) is 0 Å². The topological polar surface area (TPSA) is 35.4 Å². The Labute approximate surface area is 117 Å². The van der Waals surface area contributed by atoms with Gasteiger partial charge < -0.3 is 19.4 Å². The van der Waals surface area contributed by atoms with Crippen LogP contribution in [-0.4, -0.2) is 38.5 Å². The largest absolute Gasteiger partial charge is 0.382 e. The molecule has 0 spiro atoms. The highest BCUT2D eigenvalue weighted by atomic mass is 16.5. The Morgan fingerprint density at radius 2 is 2.05 bits per heavy atom. The van der Waals surface area contributed by atoms with Crippen molar-refractivity contribution in [1.82, 2.24) is 9.88 Å². The van der Waals surface area contributed by atoms with Crippen LogP contribution in [0.5, 0.6) is 0 Å². The lowest BCUT2D eigenvalue weighted by Crippen LogP contribution is -2.21. The van der Waals surface area contributed by atoms with Crippen LogP contribution in [-0.2, 0) is 16.0 Å². The molecule has 1 aromatic heterocycles. The molecule has 1 atom stereocenters. The molecule has 0 aromatic carbocycles. The fraction of sp³-hybridized carbons (Fsp3) is 0.733. The molecule has 0 aliphatic rings. The summed E-state index contributed by atoms with van der Waals surface area (Å²) in [5.41, 5.74) is 1.36. The third kappa shape index (κ3) is 5.76. The predicted octanol–water partition coefficient (Wildman–Crippen LogP) is 2.46. The Hall–Kier alpha value is -0.840. The zero-order valence-electron chi connectivity index (χ0n) is 12.7. The average Bonchev–Trinajstić information content (AvgIpc) is 2.82. The maximum Gasteiger partial charge on any atom is 0.0700 e. The fourth-order valence-electron chi connectivity index (χ4n) is 2.26. The van der Waals surface area contributed by atoms with E-state index in [-0.39, 0.29) is 0 Å². The number of hydrogen-bond donors (Lipinski definition) is 1. The van der Waals surface area contributed by atoms with Crippen molar-refractivity contribution < 1.29 is 9.47 Å². The lowest BCUT2D eigenvalue weighted by molar-refractivity contribution is 0.0680. The van der Waals surface area contributed by atoms with Crippen LogP contribution in [0.1, 0.15) is 31.9 Å². The number of nitrogens with one attached hydrogen (secondary N) is 1. The number of rotatable bonds is 10. The molecule has 4 nitrogen and oxygen atoms in total.